The number of rotatable bonds is 7. The predicted molar refractivity (Wildman–Crippen MR) is 217 cm³/mol. The van der Waals surface area contributed by atoms with E-state index in [2.05, 4.69) is 60.0 Å². The Hall–Kier alpha value is -3.44. The van der Waals surface area contributed by atoms with Crippen LogP contribution in [0.5, 0.6) is 0 Å². The molecular formula is C35H70N11O7PS. The van der Waals surface area contributed by atoms with Gasteiger partial charge in [-0.05, 0) is 57.2 Å². The predicted octanol–water partition coefficient (Wildman–Crippen LogP) is 6.37. The van der Waals surface area contributed by atoms with Gasteiger partial charge in [-0.25, -0.2) is 18.1 Å². The summed E-state index contributed by atoms with van der Waals surface area (Å²) in [6, 6.07) is 0. The van der Waals surface area contributed by atoms with Crippen LogP contribution in [0.3, 0.4) is 0 Å². The topological polar surface area (TPSA) is 247 Å². The maximum atomic E-state index is 10.8. The van der Waals surface area contributed by atoms with Crippen molar-refractivity contribution in [1.29, 1.82) is 0 Å². The molecule has 1 aliphatic heterocycles. The molecule has 3 rings (SSSR count). The molecule has 0 aliphatic carbocycles. The summed E-state index contributed by atoms with van der Waals surface area (Å²) < 4.78 is 33.0. The van der Waals surface area contributed by atoms with E-state index >= 15 is 0 Å². The van der Waals surface area contributed by atoms with Gasteiger partial charge >= 0.3 is 0 Å². The summed E-state index contributed by atoms with van der Waals surface area (Å²) in [6.07, 6.45) is 1.24. The molecule has 18 nitrogen and oxygen atoms in total. The van der Waals surface area contributed by atoms with Crippen LogP contribution < -0.4 is 0 Å². The van der Waals surface area contributed by atoms with Crippen LogP contribution >= 0.6 is 7.37 Å². The molecule has 20 heteroatoms. The smallest absolute Gasteiger partial charge is 0.202 e. The summed E-state index contributed by atoms with van der Waals surface area (Å²) in [7, 11) is -5.69. The van der Waals surface area contributed by atoms with Gasteiger partial charge in [-0.1, -0.05) is 83.1 Å². The molecular weight excluding hydrogens is 749 g/mol. The van der Waals surface area contributed by atoms with E-state index in [1.54, 1.807) is 48.5 Å². The molecule has 1 N–H and O–H groups in total. The van der Waals surface area contributed by atoms with Crippen LogP contribution in [-0.4, -0.2) is 106 Å². The van der Waals surface area contributed by atoms with Gasteiger partial charge < -0.3 is 4.89 Å². The van der Waals surface area contributed by atoms with E-state index < -0.39 is 27.1 Å². The number of ketones is 3. The number of sulfone groups is 1. The van der Waals surface area contributed by atoms with Gasteiger partial charge in [0.1, 0.15) is 24.7 Å². The summed E-state index contributed by atoms with van der Waals surface area (Å²) in [6.45, 7) is 35.1. The van der Waals surface area contributed by atoms with Crippen LogP contribution in [0, 0.1) is 11.3 Å². The van der Waals surface area contributed by atoms with Crippen LogP contribution in [0.2, 0.25) is 0 Å². The molecule has 0 amide bonds. The van der Waals surface area contributed by atoms with E-state index in [0.29, 0.717) is 18.4 Å². The van der Waals surface area contributed by atoms with E-state index in [1.807, 2.05) is 48.5 Å². The maximum absolute atomic E-state index is 10.8. The molecule has 0 radical (unpaired) electrons. The Bertz CT molecular complexity index is 1690. The second-order valence-electron chi connectivity index (χ2n) is 16.9. The van der Waals surface area contributed by atoms with Crippen molar-refractivity contribution >= 4 is 40.4 Å². The largest absolute Gasteiger partial charge is 0.344 e. The van der Waals surface area contributed by atoms with E-state index in [1.165, 1.54) is 36.2 Å². The zero-order chi connectivity index (χ0) is 44.3. The number of amidine groups is 1. The fourth-order valence-corrected chi connectivity index (χ4v) is 2.24. The Morgan fingerprint density at radius 3 is 1.47 bits per heavy atom. The molecule has 1 atom stereocenters. The molecule has 318 valence electrons. The second-order valence-corrected chi connectivity index (χ2v) is 22.7. The summed E-state index contributed by atoms with van der Waals surface area (Å²) in [5.41, 5.74) is -0.139. The molecule has 0 saturated carbocycles. The minimum Gasteiger partial charge on any atom is -0.344 e. The Labute approximate surface area is 329 Å². The van der Waals surface area contributed by atoms with Crippen molar-refractivity contribution in [3.8, 4) is 0 Å². The summed E-state index contributed by atoms with van der Waals surface area (Å²) in [5, 5.41) is 29.7. The SMILES string of the molecule is CC(=O)C(C)(C)C.CC(=O)Cn1nnc(C(C)C)n1.CC(=O)Cn1nnnc1C(C)C.CC(C)(C)P(C)(=O)O.CC(C)(C)S(C)(=O)=O.CC(C)C1=NCN=N1. The van der Waals surface area contributed by atoms with Gasteiger partial charge in [-0.2, -0.15) is 9.91 Å². The van der Waals surface area contributed by atoms with Crippen molar-refractivity contribution in [2.75, 3.05) is 19.6 Å². The molecule has 55 heavy (non-hydrogen) atoms. The van der Waals surface area contributed by atoms with Crippen LogP contribution in [-0.2, 0) is 41.9 Å². The zero-order valence-electron chi connectivity index (χ0n) is 37.0. The maximum Gasteiger partial charge on any atom is 0.202 e. The number of tetrazole rings is 2. The average Bonchev–Trinajstić information content (AvgIpc) is 3.74. The van der Waals surface area contributed by atoms with Crippen molar-refractivity contribution in [3.05, 3.63) is 11.6 Å². The lowest BCUT2D eigenvalue weighted by molar-refractivity contribution is -0.124. The van der Waals surface area contributed by atoms with Gasteiger partial charge in [0, 0.05) is 41.2 Å². The Kier molecular flexibility index (Phi) is 24.6. The normalized spacial score (nSPS) is 13.6. The van der Waals surface area contributed by atoms with E-state index in [9.17, 15) is 27.4 Å². The highest BCUT2D eigenvalue weighted by Crippen LogP contribution is 2.49. The molecule has 1 aliphatic rings. The minimum atomic E-state index is -2.85. The first kappa shape index (κ1) is 55.9. The fraction of sp³-hybridized carbons (Fsp3) is 0.829. The average molecular weight is 820 g/mol. The number of Topliss-reactive ketones (excluding diaryl/α,β-unsaturated/α-hetero) is 3. The summed E-state index contributed by atoms with van der Waals surface area (Å²) >= 11 is 0. The lowest BCUT2D eigenvalue weighted by Crippen LogP contribution is -2.26. The number of azo groups is 1. The molecule has 1 unspecified atom stereocenters. The third-order valence-corrected chi connectivity index (χ3v) is 11.9. The van der Waals surface area contributed by atoms with Crippen LogP contribution in [0.25, 0.3) is 0 Å². The number of aliphatic imine (C=N–C) groups is 1. The molecule has 2 aromatic heterocycles. The van der Waals surface area contributed by atoms with Crippen molar-refractivity contribution in [2.45, 2.75) is 159 Å². The minimum absolute atomic E-state index is 0.0303. The third kappa shape index (κ3) is 26.9. The van der Waals surface area contributed by atoms with Gasteiger partial charge in [0.2, 0.25) is 7.37 Å². The number of carbonyl (C=O) groups excluding carboxylic acids is 3. The quantitative estimate of drug-likeness (QED) is 0.299. The number of nitrogens with zero attached hydrogens (tertiary/aromatic N) is 11. The number of carbonyl (C=O) groups is 3. The molecule has 2 aromatic rings. The van der Waals surface area contributed by atoms with Crippen molar-refractivity contribution < 1.29 is 32.3 Å². The standard InChI is InChI=1S/2C7H12N4O.C6H12O.C5H9N3.C5H13O2P.C5H12O2S/c1-5(2)7-8-9-10-11(7)4-6(3)12;1-5(2)7-8-10-11(9-7)4-6(3)12;1-5(7)6(2,3)4;1-4(2)5-6-3-7-8-5;2*1-5(2,3)8(4,6)7/h2*5H,4H2,1-3H3;1-4H3;4H,3H2,1-2H3;1-4H3,(H,6,7);1-4H3. The molecule has 0 bridgehead atoms. The molecule has 0 spiro atoms. The Balaban J connectivity index is -0.000000599. The highest BCUT2D eigenvalue weighted by molar-refractivity contribution is 7.92. The number of hydrogen-bond donors (Lipinski definition) is 1. The summed E-state index contributed by atoms with van der Waals surface area (Å²) in [4.78, 5) is 46.1. The highest BCUT2D eigenvalue weighted by atomic mass is 32.2. The van der Waals surface area contributed by atoms with Gasteiger partial charge in [0.15, 0.2) is 39.7 Å². The Morgan fingerprint density at radius 1 is 0.800 bits per heavy atom. The van der Waals surface area contributed by atoms with Gasteiger partial charge in [-0.15, -0.1) is 20.4 Å². The van der Waals surface area contributed by atoms with Crippen molar-refractivity contribution in [3.63, 3.8) is 0 Å². The molecule has 0 saturated heterocycles. The summed E-state index contributed by atoms with van der Waals surface area (Å²) in [5.74, 6) is 3.58. The van der Waals surface area contributed by atoms with E-state index in [4.69, 9.17) is 4.89 Å². The van der Waals surface area contributed by atoms with Crippen LogP contribution in [0.4, 0.5) is 0 Å². The van der Waals surface area contributed by atoms with Gasteiger partial charge in [-0.3, -0.25) is 18.9 Å². The van der Waals surface area contributed by atoms with Crippen LogP contribution in [0.15, 0.2) is 15.2 Å². The third-order valence-electron chi connectivity index (χ3n) is 7.20. The van der Waals surface area contributed by atoms with Crippen molar-refractivity contribution in [2.24, 2.45) is 26.6 Å². The zero-order valence-corrected chi connectivity index (χ0v) is 38.7. The fourth-order valence-electron chi connectivity index (χ4n) is 2.24. The number of hydrogen-bond acceptors (Lipinski definition) is 15. The van der Waals surface area contributed by atoms with Crippen LogP contribution in [0.1, 0.15) is 148 Å². The molecule has 0 aromatic carbocycles. The Morgan fingerprint density at radius 2 is 1.24 bits per heavy atom. The van der Waals surface area contributed by atoms with E-state index in [-0.39, 0.29) is 47.7 Å². The lowest BCUT2D eigenvalue weighted by Gasteiger charge is -2.21. The van der Waals surface area contributed by atoms with Crippen molar-refractivity contribution in [1.82, 2.24) is 40.4 Å². The highest BCUT2D eigenvalue weighted by Gasteiger charge is 2.28. The first-order valence-corrected chi connectivity index (χ1v) is 21.9. The first-order chi connectivity index (χ1) is 24.4. The van der Waals surface area contributed by atoms with Gasteiger partial charge in [0.05, 0.1) is 4.75 Å². The second kappa shape index (κ2) is 24.3. The molecule has 3 heterocycles. The first-order valence-electron chi connectivity index (χ1n) is 17.9. The lowest BCUT2D eigenvalue weighted by atomic mass is 9.92. The van der Waals surface area contributed by atoms with E-state index in [0.717, 1.165) is 11.7 Å². The number of aromatic nitrogens is 8. The monoisotopic (exact) mass is 819 g/mol. The molecule has 0 fully saturated rings. The van der Waals surface area contributed by atoms with Gasteiger partial charge in [0.25, 0.3) is 0 Å².